The summed E-state index contributed by atoms with van der Waals surface area (Å²) >= 11 is 17.3. The van der Waals surface area contributed by atoms with Crippen molar-refractivity contribution in [2.45, 2.75) is 9.96 Å². The number of halogens is 3. The molecule has 0 unspecified atom stereocenters. The molecule has 11 heavy (non-hydrogen) atoms. The van der Waals surface area contributed by atoms with Gasteiger partial charge in [-0.15, -0.1) is 0 Å². The topological polar surface area (TPSA) is 6.48 Å². The highest BCUT2D eigenvalue weighted by molar-refractivity contribution is 6.68. The van der Waals surface area contributed by atoms with Gasteiger partial charge in [-0.2, -0.15) is 0 Å². The van der Waals surface area contributed by atoms with Crippen LogP contribution in [-0.4, -0.2) is 46.9 Å². The average molecular weight is 218 g/mol. The van der Waals surface area contributed by atoms with Crippen LogP contribution in [0, 0.1) is 0 Å². The summed E-state index contributed by atoms with van der Waals surface area (Å²) in [5.41, 5.74) is 0. The van der Waals surface area contributed by atoms with E-state index in [1.807, 2.05) is 23.9 Å². The molecule has 0 spiro atoms. The van der Waals surface area contributed by atoms with Crippen LogP contribution < -0.4 is 0 Å². The lowest BCUT2D eigenvalue weighted by molar-refractivity contribution is 0.191. The molecule has 0 aromatic heterocycles. The fraction of sp³-hybridized carbons (Fsp3) is 1.00. The van der Waals surface area contributed by atoms with Gasteiger partial charge in [-0.1, -0.05) is 34.8 Å². The van der Waals surface area contributed by atoms with E-state index in [0.29, 0.717) is 0 Å². The van der Waals surface area contributed by atoms with E-state index in [2.05, 4.69) is 0 Å². The van der Waals surface area contributed by atoms with Crippen LogP contribution in [0.4, 0.5) is 0 Å². The minimum absolute atomic E-state index is 0.0903. The highest BCUT2D eigenvalue weighted by Crippen LogP contribution is 2.36. The molecule has 1 rings (SSSR count). The van der Waals surface area contributed by atoms with E-state index in [-0.39, 0.29) is 6.17 Å². The molecule has 0 atom stereocenters. The van der Waals surface area contributed by atoms with E-state index in [9.17, 15) is 0 Å². The van der Waals surface area contributed by atoms with Crippen LogP contribution in [-0.2, 0) is 0 Å². The first-order chi connectivity index (χ1) is 4.93. The van der Waals surface area contributed by atoms with Gasteiger partial charge in [-0.25, -0.2) is 0 Å². The Morgan fingerprint density at radius 2 is 1.45 bits per heavy atom. The van der Waals surface area contributed by atoms with Gasteiger partial charge in [0.1, 0.15) is 6.17 Å². The molecule has 0 aromatic carbocycles. The van der Waals surface area contributed by atoms with Crippen molar-refractivity contribution in [3.05, 3.63) is 0 Å². The molecule has 0 radical (unpaired) electrons. The van der Waals surface area contributed by atoms with Crippen LogP contribution >= 0.6 is 34.8 Å². The van der Waals surface area contributed by atoms with Gasteiger partial charge in [0.15, 0.2) is 0 Å². The number of hydrogen-bond donors (Lipinski definition) is 0. The zero-order valence-electron chi connectivity index (χ0n) is 6.52. The van der Waals surface area contributed by atoms with Crippen LogP contribution in [0.15, 0.2) is 0 Å². The molecule has 0 N–H and O–H groups in total. The molecule has 0 bridgehead atoms. The molecular weight excluding hydrogens is 206 g/mol. The lowest BCUT2D eigenvalue weighted by Crippen LogP contribution is -2.44. The second kappa shape index (κ2) is 3.27. The third-order valence-electron chi connectivity index (χ3n) is 1.93. The Hall–Kier alpha value is 0.790. The standard InChI is InChI=1S/C6H11Cl3N2/c1-10-3-4-11(2)5(10)6(7,8)9/h5H,3-4H2,1-2H3. The summed E-state index contributed by atoms with van der Waals surface area (Å²) in [7, 11) is 3.91. The lowest BCUT2D eigenvalue weighted by atomic mass is 10.5. The molecule has 1 aliphatic heterocycles. The predicted octanol–water partition coefficient (Wildman–Crippen LogP) is 1.56. The Balaban J connectivity index is 2.69. The Morgan fingerprint density at radius 1 is 1.09 bits per heavy atom. The summed E-state index contributed by atoms with van der Waals surface area (Å²) in [6.07, 6.45) is -0.0903. The van der Waals surface area contributed by atoms with Crippen molar-refractivity contribution in [3.63, 3.8) is 0 Å². The van der Waals surface area contributed by atoms with Crippen molar-refractivity contribution in [1.29, 1.82) is 0 Å². The highest BCUT2D eigenvalue weighted by Gasteiger charge is 2.41. The molecule has 1 fully saturated rings. The van der Waals surface area contributed by atoms with Crippen molar-refractivity contribution in [3.8, 4) is 0 Å². The van der Waals surface area contributed by atoms with E-state index >= 15 is 0 Å². The minimum atomic E-state index is -1.21. The zero-order chi connectivity index (χ0) is 8.65. The normalized spacial score (nSPS) is 24.8. The maximum Gasteiger partial charge on any atom is 0.218 e. The van der Waals surface area contributed by atoms with Gasteiger partial charge in [0.25, 0.3) is 0 Å². The van der Waals surface area contributed by atoms with E-state index in [0.717, 1.165) is 13.1 Å². The molecule has 0 saturated carbocycles. The quantitative estimate of drug-likeness (QED) is 0.568. The number of hydrogen-bond acceptors (Lipinski definition) is 2. The summed E-state index contributed by atoms with van der Waals surface area (Å²) in [4.78, 5) is 4.07. The van der Waals surface area contributed by atoms with Crippen molar-refractivity contribution in [2.75, 3.05) is 27.2 Å². The van der Waals surface area contributed by atoms with E-state index < -0.39 is 3.79 Å². The van der Waals surface area contributed by atoms with Crippen molar-refractivity contribution < 1.29 is 0 Å². The monoisotopic (exact) mass is 216 g/mol. The molecule has 2 nitrogen and oxygen atoms in total. The summed E-state index contributed by atoms with van der Waals surface area (Å²) in [5.74, 6) is 0. The second-order valence-electron chi connectivity index (χ2n) is 2.88. The van der Waals surface area contributed by atoms with Crippen molar-refractivity contribution in [1.82, 2.24) is 9.80 Å². The average Bonchev–Trinajstić information content (AvgIpc) is 2.08. The van der Waals surface area contributed by atoms with Crippen LogP contribution in [0.1, 0.15) is 0 Å². The fourth-order valence-electron chi connectivity index (χ4n) is 1.40. The Morgan fingerprint density at radius 3 is 1.64 bits per heavy atom. The highest BCUT2D eigenvalue weighted by atomic mass is 35.6. The van der Waals surface area contributed by atoms with Gasteiger partial charge in [0.05, 0.1) is 0 Å². The maximum atomic E-state index is 5.78. The Bertz CT molecular complexity index is 135. The number of nitrogens with zero attached hydrogens (tertiary/aromatic N) is 2. The van der Waals surface area contributed by atoms with E-state index in [1.54, 1.807) is 0 Å². The van der Waals surface area contributed by atoms with Gasteiger partial charge in [0, 0.05) is 13.1 Å². The largest absolute Gasteiger partial charge is 0.286 e. The van der Waals surface area contributed by atoms with E-state index in [1.165, 1.54) is 0 Å². The second-order valence-corrected chi connectivity index (χ2v) is 5.25. The van der Waals surface area contributed by atoms with Crippen LogP contribution in [0.25, 0.3) is 0 Å². The molecule has 5 heteroatoms. The zero-order valence-corrected chi connectivity index (χ0v) is 8.79. The fourth-order valence-corrected chi connectivity index (χ4v) is 2.40. The van der Waals surface area contributed by atoms with Gasteiger partial charge >= 0.3 is 0 Å². The van der Waals surface area contributed by atoms with Gasteiger partial charge in [-0.05, 0) is 14.1 Å². The SMILES string of the molecule is CN1CCN(C)C1C(Cl)(Cl)Cl. The molecule has 0 aliphatic carbocycles. The van der Waals surface area contributed by atoms with Crippen LogP contribution in [0.2, 0.25) is 0 Å². The number of likely N-dealkylation sites (N-methyl/N-ethyl adjacent to an activating group) is 2. The Kier molecular flexibility index (Phi) is 2.93. The molecule has 1 heterocycles. The van der Waals surface area contributed by atoms with Gasteiger partial charge in [0.2, 0.25) is 3.79 Å². The van der Waals surface area contributed by atoms with Crippen molar-refractivity contribution >= 4 is 34.8 Å². The first-order valence-corrected chi connectivity index (χ1v) is 4.53. The molecule has 0 amide bonds. The molecular formula is C6H11Cl3N2. The van der Waals surface area contributed by atoms with Crippen LogP contribution in [0.5, 0.6) is 0 Å². The number of rotatable bonds is 0. The van der Waals surface area contributed by atoms with Gasteiger partial charge < -0.3 is 0 Å². The molecule has 66 valence electrons. The third kappa shape index (κ3) is 2.13. The van der Waals surface area contributed by atoms with Gasteiger partial charge in [-0.3, -0.25) is 9.80 Å². The first-order valence-electron chi connectivity index (χ1n) is 3.40. The Labute approximate surface area is 82.0 Å². The first kappa shape index (κ1) is 9.87. The minimum Gasteiger partial charge on any atom is -0.286 e. The summed E-state index contributed by atoms with van der Waals surface area (Å²) < 4.78 is -1.21. The molecule has 0 aromatic rings. The molecule has 1 aliphatic rings. The van der Waals surface area contributed by atoms with Crippen LogP contribution in [0.3, 0.4) is 0 Å². The smallest absolute Gasteiger partial charge is 0.218 e. The summed E-state index contributed by atoms with van der Waals surface area (Å²) in [6, 6.07) is 0. The third-order valence-corrected chi connectivity index (χ3v) is 2.52. The lowest BCUT2D eigenvalue weighted by Gasteiger charge is -2.30. The van der Waals surface area contributed by atoms with E-state index in [4.69, 9.17) is 34.8 Å². The summed E-state index contributed by atoms with van der Waals surface area (Å²) in [5, 5.41) is 0. The summed E-state index contributed by atoms with van der Waals surface area (Å²) in [6.45, 7) is 1.91. The van der Waals surface area contributed by atoms with Crippen molar-refractivity contribution in [2.24, 2.45) is 0 Å². The molecule has 1 saturated heterocycles. The predicted molar refractivity (Wildman–Crippen MR) is 49.3 cm³/mol. The maximum absolute atomic E-state index is 5.78. The number of alkyl halides is 3.